The van der Waals surface area contributed by atoms with Gasteiger partial charge in [-0.15, -0.1) is 11.3 Å². The van der Waals surface area contributed by atoms with Gasteiger partial charge in [0.25, 0.3) is 5.91 Å². The Bertz CT molecular complexity index is 1070. The van der Waals surface area contributed by atoms with Crippen molar-refractivity contribution in [3.05, 3.63) is 65.7 Å². The second kappa shape index (κ2) is 7.44. The fraction of sp³-hybridized carbons (Fsp3) is 0.150. The summed E-state index contributed by atoms with van der Waals surface area (Å²) in [5.74, 6) is -0.982. The third-order valence-electron chi connectivity index (χ3n) is 4.61. The van der Waals surface area contributed by atoms with Crippen LogP contribution in [-0.2, 0) is 15.1 Å². The van der Waals surface area contributed by atoms with Crippen LogP contribution in [-0.4, -0.2) is 39.3 Å². The van der Waals surface area contributed by atoms with Crippen molar-refractivity contribution in [3.8, 4) is 11.4 Å². The molecule has 8 nitrogen and oxygen atoms in total. The summed E-state index contributed by atoms with van der Waals surface area (Å²) < 4.78 is 0. The van der Waals surface area contributed by atoms with E-state index in [0.717, 1.165) is 4.90 Å². The van der Waals surface area contributed by atoms with Gasteiger partial charge < -0.3 is 10.6 Å². The number of amides is 4. The van der Waals surface area contributed by atoms with Crippen molar-refractivity contribution in [2.24, 2.45) is 0 Å². The molecular formula is C20H17N5O3S. The smallest absolute Gasteiger partial charge is 0.319 e. The fourth-order valence-corrected chi connectivity index (χ4v) is 3.79. The number of carbonyl (C=O) groups is 3. The number of aromatic nitrogens is 2. The predicted octanol–water partition coefficient (Wildman–Crippen LogP) is 2.61. The maximum absolute atomic E-state index is 12.9. The standard InChI is InChI=1S/C20H17N5O3S/c1-20(13-7-3-2-4-8-13)17(27)25(19(28)24-20)11-16(26)23-18-22-15(12-29-18)14-9-5-6-10-21-14/h2-10,12H,11H2,1H3,(H,24,28)(H,22,23,26)/t20-/m1/s1. The van der Waals surface area contributed by atoms with Crippen molar-refractivity contribution in [2.45, 2.75) is 12.5 Å². The van der Waals surface area contributed by atoms with E-state index in [2.05, 4.69) is 20.6 Å². The first-order chi connectivity index (χ1) is 14.0. The number of benzene rings is 1. The van der Waals surface area contributed by atoms with Gasteiger partial charge in [-0.1, -0.05) is 36.4 Å². The van der Waals surface area contributed by atoms with Crippen LogP contribution < -0.4 is 10.6 Å². The summed E-state index contributed by atoms with van der Waals surface area (Å²) in [5, 5.41) is 7.46. The van der Waals surface area contributed by atoms with Crippen molar-refractivity contribution < 1.29 is 14.4 Å². The molecule has 0 bridgehead atoms. The second-order valence-corrected chi connectivity index (χ2v) is 7.47. The van der Waals surface area contributed by atoms with Gasteiger partial charge in [-0.25, -0.2) is 9.78 Å². The summed E-state index contributed by atoms with van der Waals surface area (Å²) in [5.41, 5.74) is 0.780. The maximum Gasteiger partial charge on any atom is 0.325 e. The zero-order chi connectivity index (χ0) is 20.4. The number of pyridine rings is 1. The summed E-state index contributed by atoms with van der Waals surface area (Å²) in [4.78, 5) is 47.1. The Morgan fingerprint density at radius 3 is 2.62 bits per heavy atom. The van der Waals surface area contributed by atoms with Crippen LogP contribution in [0.25, 0.3) is 11.4 Å². The molecule has 0 unspecified atom stereocenters. The molecule has 2 aromatic heterocycles. The van der Waals surface area contributed by atoms with E-state index in [1.165, 1.54) is 11.3 Å². The zero-order valence-electron chi connectivity index (χ0n) is 15.5. The van der Waals surface area contributed by atoms with Crippen LogP contribution in [0.4, 0.5) is 9.93 Å². The van der Waals surface area contributed by atoms with E-state index in [-0.39, 0.29) is 0 Å². The van der Waals surface area contributed by atoms with Crippen molar-refractivity contribution in [1.29, 1.82) is 0 Å². The highest BCUT2D eigenvalue weighted by molar-refractivity contribution is 7.14. The topological polar surface area (TPSA) is 104 Å². The number of nitrogens with one attached hydrogen (secondary N) is 2. The third kappa shape index (κ3) is 3.59. The molecule has 2 N–H and O–H groups in total. The first kappa shape index (κ1) is 18.8. The molecule has 29 heavy (non-hydrogen) atoms. The SMILES string of the molecule is C[C@]1(c2ccccc2)NC(=O)N(CC(=O)Nc2nc(-c3ccccn3)cs2)C1=O. The highest BCUT2D eigenvalue weighted by atomic mass is 32.1. The second-order valence-electron chi connectivity index (χ2n) is 6.61. The molecule has 4 amide bonds. The molecule has 146 valence electrons. The lowest BCUT2D eigenvalue weighted by atomic mass is 9.92. The van der Waals surface area contributed by atoms with Gasteiger partial charge in [0.15, 0.2) is 5.13 Å². The quantitative estimate of drug-likeness (QED) is 0.633. The number of thiazole rings is 1. The molecule has 0 spiro atoms. The number of rotatable bonds is 5. The number of carbonyl (C=O) groups excluding carboxylic acids is 3. The van der Waals surface area contributed by atoms with Gasteiger partial charge in [0.1, 0.15) is 17.8 Å². The summed E-state index contributed by atoms with van der Waals surface area (Å²) in [6, 6.07) is 13.8. The Kier molecular flexibility index (Phi) is 4.81. The largest absolute Gasteiger partial charge is 0.325 e. The lowest BCUT2D eigenvalue weighted by Gasteiger charge is -2.21. The number of imide groups is 1. The minimum Gasteiger partial charge on any atom is -0.319 e. The number of urea groups is 1. The van der Waals surface area contributed by atoms with E-state index in [1.807, 2.05) is 18.2 Å². The molecule has 1 atom stereocenters. The van der Waals surface area contributed by atoms with Gasteiger partial charge in [0.2, 0.25) is 5.91 Å². The molecule has 3 aromatic rings. The van der Waals surface area contributed by atoms with Gasteiger partial charge in [-0.3, -0.25) is 19.5 Å². The number of nitrogens with zero attached hydrogens (tertiary/aromatic N) is 3. The van der Waals surface area contributed by atoms with Crippen molar-refractivity contribution in [1.82, 2.24) is 20.2 Å². The molecule has 1 aliphatic rings. The Hall–Kier alpha value is -3.59. The van der Waals surface area contributed by atoms with Crippen LogP contribution in [0, 0.1) is 0 Å². The highest BCUT2D eigenvalue weighted by Gasteiger charge is 2.49. The third-order valence-corrected chi connectivity index (χ3v) is 5.36. The number of anilines is 1. The van der Waals surface area contributed by atoms with E-state index >= 15 is 0 Å². The van der Waals surface area contributed by atoms with E-state index in [0.29, 0.717) is 22.1 Å². The Labute approximate surface area is 170 Å². The molecule has 1 aliphatic heterocycles. The molecule has 1 saturated heterocycles. The van der Waals surface area contributed by atoms with Crippen LogP contribution >= 0.6 is 11.3 Å². The van der Waals surface area contributed by atoms with Crippen LogP contribution in [0.15, 0.2) is 60.1 Å². The Morgan fingerprint density at radius 2 is 1.90 bits per heavy atom. The molecule has 3 heterocycles. The monoisotopic (exact) mass is 407 g/mol. The molecule has 4 rings (SSSR count). The van der Waals surface area contributed by atoms with E-state index in [4.69, 9.17) is 0 Å². The van der Waals surface area contributed by atoms with Crippen molar-refractivity contribution in [3.63, 3.8) is 0 Å². The number of hydrogen-bond acceptors (Lipinski definition) is 6. The van der Waals surface area contributed by atoms with Crippen LogP contribution in [0.3, 0.4) is 0 Å². The molecule has 1 fully saturated rings. The summed E-state index contributed by atoms with van der Waals surface area (Å²) >= 11 is 1.24. The zero-order valence-corrected chi connectivity index (χ0v) is 16.3. The fourth-order valence-electron chi connectivity index (χ4n) is 3.07. The normalized spacial score (nSPS) is 18.6. The van der Waals surface area contributed by atoms with Crippen molar-refractivity contribution in [2.75, 3.05) is 11.9 Å². The first-order valence-corrected chi connectivity index (χ1v) is 9.72. The Morgan fingerprint density at radius 1 is 1.14 bits per heavy atom. The summed E-state index contributed by atoms with van der Waals surface area (Å²) in [6.45, 7) is 1.23. The van der Waals surface area contributed by atoms with Gasteiger partial charge in [-0.2, -0.15) is 0 Å². The van der Waals surface area contributed by atoms with E-state index < -0.39 is 29.9 Å². The molecule has 1 aromatic carbocycles. The van der Waals surface area contributed by atoms with E-state index in [9.17, 15) is 14.4 Å². The Balaban J connectivity index is 1.44. The molecule has 0 aliphatic carbocycles. The molecule has 9 heteroatoms. The maximum atomic E-state index is 12.9. The first-order valence-electron chi connectivity index (χ1n) is 8.84. The number of hydrogen-bond donors (Lipinski definition) is 2. The van der Waals surface area contributed by atoms with Gasteiger partial charge in [0, 0.05) is 11.6 Å². The summed E-state index contributed by atoms with van der Waals surface area (Å²) in [7, 11) is 0. The average molecular weight is 407 g/mol. The van der Waals surface area contributed by atoms with Crippen molar-refractivity contribution >= 4 is 34.3 Å². The average Bonchev–Trinajstić information content (AvgIpc) is 3.28. The van der Waals surface area contributed by atoms with Gasteiger partial charge in [-0.05, 0) is 24.6 Å². The summed E-state index contributed by atoms with van der Waals surface area (Å²) in [6.07, 6.45) is 1.66. The van der Waals surface area contributed by atoms with Crippen LogP contribution in [0.2, 0.25) is 0 Å². The molecular weight excluding hydrogens is 390 g/mol. The molecule has 0 radical (unpaired) electrons. The molecule has 0 saturated carbocycles. The minimum atomic E-state index is -1.20. The highest BCUT2D eigenvalue weighted by Crippen LogP contribution is 2.28. The van der Waals surface area contributed by atoms with Gasteiger partial charge >= 0.3 is 6.03 Å². The lowest BCUT2D eigenvalue weighted by Crippen LogP contribution is -2.42. The lowest BCUT2D eigenvalue weighted by molar-refractivity contribution is -0.133. The minimum absolute atomic E-state index is 0.369. The van der Waals surface area contributed by atoms with Crippen LogP contribution in [0.1, 0.15) is 12.5 Å². The van der Waals surface area contributed by atoms with Crippen LogP contribution in [0.5, 0.6) is 0 Å². The van der Waals surface area contributed by atoms with E-state index in [1.54, 1.807) is 48.8 Å². The predicted molar refractivity (Wildman–Crippen MR) is 108 cm³/mol. The van der Waals surface area contributed by atoms with Gasteiger partial charge in [0.05, 0.1) is 5.69 Å².